The van der Waals surface area contributed by atoms with Crippen LogP contribution in [0.5, 0.6) is 5.88 Å². The molecule has 3 aromatic heterocycles. The van der Waals surface area contributed by atoms with Crippen LogP contribution in [0, 0.1) is 5.82 Å². The number of hydrogen-bond donors (Lipinski definition) is 0. The highest BCUT2D eigenvalue weighted by Crippen LogP contribution is 2.27. The van der Waals surface area contributed by atoms with Crippen molar-refractivity contribution < 1.29 is 23.1 Å². The second-order valence-electron chi connectivity index (χ2n) is 10.2. The average molecular weight is 563 g/mol. The monoisotopic (exact) mass is 562 g/mol. The van der Waals surface area contributed by atoms with Gasteiger partial charge in [-0.3, -0.25) is 9.69 Å². The number of carbonyl (C=O) groups excluding carboxylic acids is 1. The lowest BCUT2D eigenvalue weighted by atomic mass is 10.0. The second kappa shape index (κ2) is 11.6. The standard InChI is InChI=1S/C30H32FN4O4P/c1-2-19-6-7-21(23(31)14-19)18-38-27-5-3-4-24(32-27)20-8-11-34(12-9-20)16-26-33-30-28(29(40)25(17-36)39-30)35(26)15-22-10-13-37-22/h3-8,14,17,22H,2,9-13,15-16,18,40H2,1H3. The Morgan fingerprint density at radius 3 is 2.83 bits per heavy atom. The minimum atomic E-state index is -0.252. The summed E-state index contributed by atoms with van der Waals surface area (Å²) in [6.07, 6.45) is 5.70. The third-order valence-electron chi connectivity index (χ3n) is 7.64. The largest absolute Gasteiger partial charge is 0.473 e. The van der Waals surface area contributed by atoms with Gasteiger partial charge in [0.05, 0.1) is 24.9 Å². The van der Waals surface area contributed by atoms with E-state index in [1.165, 1.54) is 0 Å². The maximum atomic E-state index is 14.4. The summed E-state index contributed by atoms with van der Waals surface area (Å²) in [6.45, 7) is 5.84. The summed E-state index contributed by atoms with van der Waals surface area (Å²) in [7, 11) is 2.62. The molecule has 4 aromatic rings. The zero-order valence-electron chi connectivity index (χ0n) is 22.4. The topological polar surface area (TPSA) is 82.6 Å². The van der Waals surface area contributed by atoms with Crippen molar-refractivity contribution in [1.82, 2.24) is 19.4 Å². The number of hydrogen-bond acceptors (Lipinski definition) is 7. The first kappa shape index (κ1) is 26.8. The number of furan rings is 1. The van der Waals surface area contributed by atoms with E-state index in [-0.39, 0.29) is 18.5 Å². The van der Waals surface area contributed by atoms with Crippen molar-refractivity contribution in [1.29, 1.82) is 0 Å². The van der Waals surface area contributed by atoms with Crippen LogP contribution < -0.4 is 10.0 Å². The number of halogens is 1. The number of aromatic nitrogens is 3. The molecule has 8 nitrogen and oxygen atoms in total. The Bertz CT molecular complexity index is 1580. The number of aryl methyl sites for hydroxylation is 1. The number of pyridine rings is 1. The Labute approximate surface area is 234 Å². The molecule has 0 radical (unpaired) electrons. The van der Waals surface area contributed by atoms with Gasteiger partial charge in [0, 0.05) is 36.6 Å². The quantitative estimate of drug-likeness (QED) is 0.205. The van der Waals surface area contributed by atoms with E-state index in [1.807, 2.05) is 25.1 Å². The SMILES string of the molecule is CCc1ccc(COc2cccc(C3=CCN(Cc4nc5oc(C=O)c(P)c5n4CC4CCO4)CC3)n2)c(F)c1. The van der Waals surface area contributed by atoms with Crippen LogP contribution in [0.4, 0.5) is 4.39 Å². The number of benzene rings is 1. The van der Waals surface area contributed by atoms with E-state index in [9.17, 15) is 9.18 Å². The smallest absolute Gasteiger partial charge is 0.246 e. The molecule has 0 N–H and O–H groups in total. The summed E-state index contributed by atoms with van der Waals surface area (Å²) >= 11 is 0. The van der Waals surface area contributed by atoms with Crippen LogP contribution in [-0.2, 0) is 30.9 Å². The molecule has 2 aliphatic rings. The third kappa shape index (κ3) is 5.46. The fraction of sp³-hybridized carbons (Fsp3) is 0.367. The van der Waals surface area contributed by atoms with Gasteiger partial charge in [0.1, 0.15) is 23.8 Å². The zero-order valence-corrected chi connectivity index (χ0v) is 23.6. The number of ether oxygens (including phenoxy) is 2. The molecule has 208 valence electrons. The first-order chi connectivity index (χ1) is 19.5. The van der Waals surface area contributed by atoms with Crippen molar-refractivity contribution in [3.8, 4) is 5.88 Å². The molecule has 1 aromatic carbocycles. The van der Waals surface area contributed by atoms with Gasteiger partial charge in [-0.25, -0.2) is 9.37 Å². The van der Waals surface area contributed by atoms with Crippen LogP contribution in [-0.4, -0.2) is 51.5 Å². The molecule has 0 aliphatic carbocycles. The van der Waals surface area contributed by atoms with E-state index < -0.39 is 0 Å². The van der Waals surface area contributed by atoms with Gasteiger partial charge in [-0.15, -0.1) is 0 Å². The Morgan fingerprint density at radius 1 is 1.25 bits per heavy atom. The van der Waals surface area contributed by atoms with E-state index in [1.54, 1.807) is 18.2 Å². The summed E-state index contributed by atoms with van der Waals surface area (Å²) in [5, 5.41) is 0.734. The van der Waals surface area contributed by atoms with Gasteiger partial charge < -0.3 is 18.5 Å². The lowest BCUT2D eigenvalue weighted by molar-refractivity contribution is -0.0591. The number of rotatable bonds is 10. The van der Waals surface area contributed by atoms with E-state index in [4.69, 9.17) is 18.9 Å². The van der Waals surface area contributed by atoms with Crippen molar-refractivity contribution in [2.45, 2.75) is 52.0 Å². The highest BCUT2D eigenvalue weighted by molar-refractivity contribution is 7.28. The van der Waals surface area contributed by atoms with Crippen LogP contribution >= 0.6 is 9.24 Å². The number of nitrogens with zero attached hydrogens (tertiary/aromatic N) is 4. The molecule has 40 heavy (non-hydrogen) atoms. The molecule has 10 heteroatoms. The summed E-state index contributed by atoms with van der Waals surface area (Å²) in [5.41, 5.74) is 4.83. The van der Waals surface area contributed by atoms with Crippen molar-refractivity contribution in [2.75, 3.05) is 19.7 Å². The molecule has 2 unspecified atom stereocenters. The normalized spacial score (nSPS) is 17.6. The van der Waals surface area contributed by atoms with Crippen molar-refractivity contribution in [2.24, 2.45) is 0 Å². The lowest BCUT2D eigenvalue weighted by Crippen LogP contribution is -2.34. The maximum Gasteiger partial charge on any atom is 0.246 e. The number of aldehydes is 1. The highest BCUT2D eigenvalue weighted by Gasteiger charge is 2.26. The molecule has 1 fully saturated rings. The Kier molecular flexibility index (Phi) is 7.78. The van der Waals surface area contributed by atoms with Crippen molar-refractivity contribution in [3.05, 3.63) is 76.7 Å². The van der Waals surface area contributed by atoms with Gasteiger partial charge in [-0.2, -0.15) is 4.98 Å². The van der Waals surface area contributed by atoms with Gasteiger partial charge >= 0.3 is 0 Å². The first-order valence-corrected chi connectivity index (χ1v) is 14.2. The highest BCUT2D eigenvalue weighted by atomic mass is 31.0. The first-order valence-electron chi connectivity index (χ1n) is 13.7. The van der Waals surface area contributed by atoms with Crippen LogP contribution in [0.25, 0.3) is 16.8 Å². The Hall–Kier alpha value is -3.39. The van der Waals surface area contributed by atoms with Crippen LogP contribution in [0.15, 0.2) is 46.9 Å². The van der Waals surface area contributed by atoms with Crippen LogP contribution in [0.3, 0.4) is 0 Å². The Balaban J connectivity index is 1.13. The van der Waals surface area contributed by atoms with E-state index in [0.29, 0.717) is 36.0 Å². The van der Waals surface area contributed by atoms with Crippen molar-refractivity contribution >= 4 is 37.6 Å². The molecule has 0 spiro atoms. The summed E-state index contributed by atoms with van der Waals surface area (Å²) in [6, 6.07) is 11.0. The molecule has 1 saturated heterocycles. The van der Waals surface area contributed by atoms with Gasteiger partial charge in [-0.1, -0.05) is 40.4 Å². The zero-order chi connectivity index (χ0) is 27.6. The van der Waals surface area contributed by atoms with Gasteiger partial charge in [-0.05, 0) is 42.5 Å². The van der Waals surface area contributed by atoms with Gasteiger partial charge in [0.25, 0.3) is 0 Å². The molecule has 0 amide bonds. The maximum absolute atomic E-state index is 14.4. The minimum absolute atomic E-state index is 0.132. The number of imidazole rings is 1. The van der Waals surface area contributed by atoms with E-state index >= 15 is 0 Å². The summed E-state index contributed by atoms with van der Waals surface area (Å²) < 4.78 is 33.7. The van der Waals surface area contributed by atoms with Crippen LogP contribution in [0.2, 0.25) is 0 Å². The average Bonchev–Trinajstić information content (AvgIpc) is 3.45. The Morgan fingerprint density at radius 2 is 2.12 bits per heavy atom. The predicted octanol–water partition coefficient (Wildman–Crippen LogP) is 4.70. The van der Waals surface area contributed by atoms with E-state index in [0.717, 1.165) is 78.7 Å². The predicted molar refractivity (Wildman–Crippen MR) is 153 cm³/mol. The van der Waals surface area contributed by atoms with E-state index in [2.05, 4.69) is 29.8 Å². The minimum Gasteiger partial charge on any atom is -0.473 e. The fourth-order valence-electron chi connectivity index (χ4n) is 5.16. The molecule has 0 bridgehead atoms. The summed E-state index contributed by atoms with van der Waals surface area (Å²) in [4.78, 5) is 23.2. The number of fused-ring (bicyclic) bond motifs is 1. The molecule has 5 heterocycles. The molecular formula is C30H32FN4O4P. The lowest BCUT2D eigenvalue weighted by Gasteiger charge is -2.29. The second-order valence-corrected chi connectivity index (χ2v) is 10.8. The number of carbonyl (C=O) groups is 1. The molecule has 0 saturated carbocycles. The third-order valence-corrected chi connectivity index (χ3v) is 8.20. The summed E-state index contributed by atoms with van der Waals surface area (Å²) in [5.74, 6) is 1.42. The fourth-order valence-corrected chi connectivity index (χ4v) is 5.57. The van der Waals surface area contributed by atoms with Gasteiger partial charge in [0.15, 0.2) is 12.0 Å². The molecule has 6 rings (SSSR count). The molecular weight excluding hydrogens is 530 g/mol. The van der Waals surface area contributed by atoms with Crippen molar-refractivity contribution in [3.63, 3.8) is 0 Å². The van der Waals surface area contributed by atoms with Crippen LogP contribution in [0.1, 0.15) is 53.0 Å². The van der Waals surface area contributed by atoms with Gasteiger partial charge in [0.2, 0.25) is 11.6 Å². The molecule has 2 aliphatic heterocycles. The molecule has 2 atom stereocenters.